The first-order valence-electron chi connectivity index (χ1n) is 7.33. The summed E-state index contributed by atoms with van der Waals surface area (Å²) in [5.74, 6) is -2.85. The first kappa shape index (κ1) is 22.1. The van der Waals surface area contributed by atoms with Crippen LogP contribution in [0.2, 0.25) is 0 Å². The molecule has 5 N–H and O–H groups in total. The van der Waals surface area contributed by atoms with E-state index in [-0.39, 0.29) is 12.1 Å². The van der Waals surface area contributed by atoms with E-state index in [0.29, 0.717) is 13.1 Å². The van der Waals surface area contributed by atoms with Gasteiger partial charge in [-0.15, -0.1) is 0 Å². The van der Waals surface area contributed by atoms with Crippen LogP contribution in [0.25, 0.3) is 0 Å². The fourth-order valence-corrected chi connectivity index (χ4v) is 1.80. The maximum absolute atomic E-state index is 11.6. The van der Waals surface area contributed by atoms with Crippen LogP contribution < -0.4 is 5.32 Å². The van der Waals surface area contributed by atoms with Crippen LogP contribution in [-0.2, 0) is 14.3 Å². The van der Waals surface area contributed by atoms with Crippen LogP contribution in [0.5, 0.6) is 0 Å². The molecule has 1 heterocycles. The number of nitrogens with one attached hydrogen (secondary N) is 1. The molecule has 0 spiro atoms. The Morgan fingerprint density at radius 3 is 2.08 bits per heavy atom. The molecular weight excluding hydrogens is 324 g/mol. The van der Waals surface area contributed by atoms with Crippen molar-refractivity contribution in [1.82, 2.24) is 10.2 Å². The Bertz CT molecular complexity index is 449. The molecule has 1 aliphatic rings. The number of aliphatic carboxylic acids is 2. The van der Waals surface area contributed by atoms with Gasteiger partial charge in [-0.3, -0.25) is 4.79 Å². The second-order valence-corrected chi connectivity index (χ2v) is 6.30. The highest BCUT2D eigenvalue weighted by molar-refractivity contribution is 5.79. The minimum absolute atomic E-state index is 0.0579. The summed E-state index contributed by atoms with van der Waals surface area (Å²) in [7, 11) is 1.77. The summed E-state index contributed by atoms with van der Waals surface area (Å²) < 4.78 is 5.21. The van der Waals surface area contributed by atoms with Crippen LogP contribution in [0.4, 0.5) is 4.79 Å². The van der Waals surface area contributed by atoms with Gasteiger partial charge in [0.05, 0.1) is 25.1 Å². The molecule has 0 radical (unpaired) electrons. The zero-order valence-corrected chi connectivity index (χ0v) is 14.2. The van der Waals surface area contributed by atoms with Crippen LogP contribution in [0.3, 0.4) is 0 Å². The van der Waals surface area contributed by atoms with E-state index in [1.54, 1.807) is 7.05 Å². The largest absolute Gasteiger partial charge is 0.481 e. The normalized spacial score (nSPS) is 21.5. The molecule has 3 atom stereocenters. The van der Waals surface area contributed by atoms with Gasteiger partial charge in [-0.05, 0) is 27.8 Å². The maximum atomic E-state index is 11.6. The van der Waals surface area contributed by atoms with Crippen LogP contribution in [0.1, 0.15) is 27.2 Å². The van der Waals surface area contributed by atoms with Crippen molar-refractivity contribution in [3.05, 3.63) is 0 Å². The number of β-amino-alcohol motifs (C(OH)–C–C–N with tert-alkyl or cyclic N) is 1. The van der Waals surface area contributed by atoms with Crippen LogP contribution >= 0.6 is 0 Å². The van der Waals surface area contributed by atoms with Crippen molar-refractivity contribution in [1.29, 1.82) is 0 Å². The highest BCUT2D eigenvalue weighted by atomic mass is 16.6. The van der Waals surface area contributed by atoms with Crippen molar-refractivity contribution < 1.29 is 39.5 Å². The van der Waals surface area contributed by atoms with Gasteiger partial charge in [0.15, 0.2) is 6.10 Å². The van der Waals surface area contributed by atoms with E-state index in [0.717, 1.165) is 0 Å². The molecule has 0 unspecified atom stereocenters. The van der Waals surface area contributed by atoms with Crippen molar-refractivity contribution in [2.75, 3.05) is 20.1 Å². The van der Waals surface area contributed by atoms with Gasteiger partial charge in [-0.1, -0.05) is 0 Å². The zero-order valence-electron chi connectivity index (χ0n) is 14.2. The molecule has 1 saturated heterocycles. The Kier molecular flexibility index (Phi) is 8.65. The molecule has 0 aromatic carbocycles. The molecule has 1 fully saturated rings. The minimum atomic E-state index is -1.79. The number of likely N-dealkylation sites (tertiary alicyclic amines) is 1. The Hall–Kier alpha value is -1.91. The van der Waals surface area contributed by atoms with Gasteiger partial charge >= 0.3 is 18.0 Å². The number of aliphatic hydroxyl groups excluding tert-OH is 2. The molecule has 0 aromatic heterocycles. The standard InChI is InChI=1S/C10H20N2O3.C4H6O5/c1-10(2,3)15-9(14)12-5-7(11-4)8(13)6-12;5-2(4(8)9)1-3(6)7/h7-8,11,13H,5-6H2,1-4H3;2,5H,1H2,(H,6,7)(H,8,9)/t7-,8-;2-/m11/s1. The van der Waals surface area contributed by atoms with E-state index >= 15 is 0 Å². The van der Waals surface area contributed by atoms with Crippen LogP contribution in [-0.4, -0.2) is 87.3 Å². The molecule has 10 nitrogen and oxygen atoms in total. The summed E-state index contributed by atoms with van der Waals surface area (Å²) in [6, 6.07) is -0.0579. The Balaban J connectivity index is 0.000000506. The third kappa shape index (κ3) is 8.65. The number of hydrogen-bond donors (Lipinski definition) is 5. The van der Waals surface area contributed by atoms with Gasteiger partial charge in [0.2, 0.25) is 0 Å². The summed E-state index contributed by atoms with van der Waals surface area (Å²) in [6.07, 6.45) is -3.42. The summed E-state index contributed by atoms with van der Waals surface area (Å²) in [6.45, 7) is 6.31. The lowest BCUT2D eigenvalue weighted by molar-refractivity contribution is -0.152. The number of aliphatic hydroxyl groups is 2. The van der Waals surface area contributed by atoms with Crippen molar-refractivity contribution in [3.63, 3.8) is 0 Å². The minimum Gasteiger partial charge on any atom is -0.481 e. The second kappa shape index (κ2) is 9.40. The molecule has 0 aromatic rings. The number of carbonyl (C=O) groups is 3. The van der Waals surface area contributed by atoms with Crippen molar-refractivity contribution in [3.8, 4) is 0 Å². The predicted molar refractivity (Wildman–Crippen MR) is 82.6 cm³/mol. The summed E-state index contributed by atoms with van der Waals surface area (Å²) in [5, 5.41) is 36.7. The van der Waals surface area contributed by atoms with Gasteiger partial charge in [0.1, 0.15) is 5.60 Å². The zero-order chi connectivity index (χ0) is 19.1. The molecule has 0 bridgehead atoms. The molecule has 0 saturated carbocycles. The number of carboxylic acids is 2. The molecule has 0 aliphatic carbocycles. The first-order valence-corrected chi connectivity index (χ1v) is 7.33. The Morgan fingerprint density at radius 2 is 1.79 bits per heavy atom. The number of carboxylic acid groups (broad SMARTS) is 2. The van der Waals surface area contributed by atoms with E-state index in [9.17, 15) is 19.5 Å². The number of rotatable bonds is 4. The molecule has 10 heteroatoms. The quantitative estimate of drug-likeness (QED) is 0.433. The topological polar surface area (TPSA) is 157 Å². The highest BCUT2D eigenvalue weighted by Crippen LogP contribution is 2.15. The van der Waals surface area contributed by atoms with Crippen LogP contribution in [0, 0.1) is 0 Å². The number of ether oxygens (including phenoxy) is 1. The van der Waals surface area contributed by atoms with E-state index < -0.39 is 36.2 Å². The molecule has 140 valence electrons. The van der Waals surface area contributed by atoms with Crippen molar-refractivity contribution in [2.24, 2.45) is 0 Å². The number of amides is 1. The average molecular weight is 350 g/mol. The van der Waals surface area contributed by atoms with Gasteiger partial charge < -0.3 is 35.4 Å². The van der Waals surface area contributed by atoms with Gasteiger partial charge in [0, 0.05) is 6.54 Å². The maximum Gasteiger partial charge on any atom is 0.410 e. The summed E-state index contributed by atoms with van der Waals surface area (Å²) in [5.41, 5.74) is -0.486. The third-order valence-corrected chi connectivity index (χ3v) is 2.96. The van der Waals surface area contributed by atoms with E-state index in [4.69, 9.17) is 20.1 Å². The molecule has 24 heavy (non-hydrogen) atoms. The number of carbonyl (C=O) groups excluding carboxylic acids is 1. The fourth-order valence-electron chi connectivity index (χ4n) is 1.80. The summed E-state index contributed by atoms with van der Waals surface area (Å²) >= 11 is 0. The summed E-state index contributed by atoms with van der Waals surface area (Å²) in [4.78, 5) is 32.6. The first-order chi connectivity index (χ1) is 10.9. The highest BCUT2D eigenvalue weighted by Gasteiger charge is 2.35. The Labute approximate surface area is 140 Å². The monoisotopic (exact) mass is 350 g/mol. The van der Waals surface area contributed by atoms with Crippen molar-refractivity contribution in [2.45, 2.75) is 51.0 Å². The number of likely N-dealkylation sites (N-methyl/N-ethyl adjacent to an activating group) is 1. The van der Waals surface area contributed by atoms with Gasteiger partial charge in [0.25, 0.3) is 0 Å². The molecular formula is C14H26N2O8. The lowest BCUT2D eigenvalue weighted by atomic mass is 10.2. The number of hydrogen-bond acceptors (Lipinski definition) is 7. The van der Waals surface area contributed by atoms with E-state index in [1.807, 2.05) is 20.8 Å². The lowest BCUT2D eigenvalue weighted by Gasteiger charge is -2.24. The average Bonchev–Trinajstić information content (AvgIpc) is 2.78. The third-order valence-electron chi connectivity index (χ3n) is 2.96. The van der Waals surface area contributed by atoms with Crippen molar-refractivity contribution >= 4 is 18.0 Å². The van der Waals surface area contributed by atoms with E-state index in [1.165, 1.54) is 4.90 Å². The number of nitrogens with zero attached hydrogens (tertiary/aromatic N) is 1. The smallest absolute Gasteiger partial charge is 0.410 e. The van der Waals surface area contributed by atoms with Crippen LogP contribution in [0.15, 0.2) is 0 Å². The second-order valence-electron chi connectivity index (χ2n) is 6.30. The van der Waals surface area contributed by atoms with Gasteiger partial charge in [-0.2, -0.15) is 0 Å². The van der Waals surface area contributed by atoms with Gasteiger partial charge in [-0.25, -0.2) is 9.59 Å². The lowest BCUT2D eigenvalue weighted by Crippen LogP contribution is -2.38. The predicted octanol–water partition coefficient (Wildman–Crippen LogP) is -0.907. The molecule has 1 aliphatic heterocycles. The SMILES string of the molecule is CN[C@@H]1CN(C(=O)OC(C)(C)C)C[C@H]1O.O=C(O)C[C@@H](O)C(=O)O. The Morgan fingerprint density at radius 1 is 1.25 bits per heavy atom. The molecule has 1 rings (SSSR count). The molecule has 1 amide bonds. The fraction of sp³-hybridized carbons (Fsp3) is 0.786. The van der Waals surface area contributed by atoms with E-state index in [2.05, 4.69) is 5.32 Å².